The van der Waals surface area contributed by atoms with Gasteiger partial charge in [-0.3, -0.25) is 9.36 Å². The molecular weight excluding hydrogens is 284 g/mol. The van der Waals surface area contributed by atoms with Crippen LogP contribution in [-0.4, -0.2) is 4.57 Å². The van der Waals surface area contributed by atoms with Crippen LogP contribution >= 0.6 is 0 Å². The molecule has 3 rings (SSSR count). The fourth-order valence-electron chi connectivity index (χ4n) is 3.47. The summed E-state index contributed by atoms with van der Waals surface area (Å²) in [6, 6.07) is 10.4. The Labute approximate surface area is 138 Å². The first-order valence-corrected chi connectivity index (χ1v) is 8.69. The molecule has 0 radical (unpaired) electrons. The van der Waals surface area contributed by atoms with Gasteiger partial charge in [-0.15, -0.1) is 0 Å². The molecule has 2 N–H and O–H groups in total. The maximum atomic E-state index is 12.9. The van der Waals surface area contributed by atoms with Crippen LogP contribution in [0.2, 0.25) is 0 Å². The maximum absolute atomic E-state index is 12.9. The van der Waals surface area contributed by atoms with Gasteiger partial charge in [0.05, 0.1) is 0 Å². The number of pyridine rings is 1. The standard InChI is InChI=1S/C20H26N2O/c1-14(2)15-8-10-18(11-9-15)22-19-7-5-3-4-6-16(19)12-17(13-21)20(22)23/h8-12,14H,3-7,13,21H2,1-2H3. The molecule has 1 aromatic carbocycles. The predicted molar refractivity (Wildman–Crippen MR) is 95.3 cm³/mol. The van der Waals surface area contributed by atoms with Gasteiger partial charge in [-0.05, 0) is 60.9 Å². The van der Waals surface area contributed by atoms with E-state index in [-0.39, 0.29) is 5.56 Å². The van der Waals surface area contributed by atoms with E-state index < -0.39 is 0 Å². The van der Waals surface area contributed by atoms with Gasteiger partial charge in [0, 0.05) is 23.5 Å². The Morgan fingerprint density at radius 3 is 2.43 bits per heavy atom. The van der Waals surface area contributed by atoms with Crippen molar-refractivity contribution >= 4 is 0 Å². The lowest BCUT2D eigenvalue weighted by atomic mass is 10.0. The second kappa shape index (κ2) is 6.71. The number of aromatic nitrogens is 1. The molecule has 0 aliphatic heterocycles. The lowest BCUT2D eigenvalue weighted by Crippen LogP contribution is -2.28. The Morgan fingerprint density at radius 1 is 1.09 bits per heavy atom. The van der Waals surface area contributed by atoms with Gasteiger partial charge in [0.25, 0.3) is 5.56 Å². The second-order valence-corrected chi connectivity index (χ2v) is 6.79. The van der Waals surface area contributed by atoms with Crippen LogP contribution in [0.4, 0.5) is 0 Å². The topological polar surface area (TPSA) is 48.0 Å². The quantitative estimate of drug-likeness (QED) is 0.879. The minimum absolute atomic E-state index is 0.0467. The van der Waals surface area contributed by atoms with Crippen LogP contribution in [0.25, 0.3) is 5.69 Å². The van der Waals surface area contributed by atoms with Gasteiger partial charge in [-0.1, -0.05) is 32.4 Å². The molecule has 0 amide bonds. The van der Waals surface area contributed by atoms with E-state index in [1.807, 2.05) is 10.6 Å². The molecule has 3 heteroatoms. The first-order valence-electron chi connectivity index (χ1n) is 8.69. The van der Waals surface area contributed by atoms with E-state index in [2.05, 4.69) is 38.1 Å². The van der Waals surface area contributed by atoms with Crippen LogP contribution in [0.5, 0.6) is 0 Å². The third-order valence-corrected chi connectivity index (χ3v) is 4.86. The summed E-state index contributed by atoms with van der Waals surface area (Å²) in [6.07, 6.45) is 5.60. The van der Waals surface area contributed by atoms with Crippen LogP contribution in [-0.2, 0) is 19.4 Å². The minimum Gasteiger partial charge on any atom is -0.326 e. The lowest BCUT2D eigenvalue weighted by molar-refractivity contribution is 0.702. The molecule has 0 atom stereocenters. The molecule has 1 aliphatic carbocycles. The van der Waals surface area contributed by atoms with Gasteiger partial charge in [0.15, 0.2) is 0 Å². The average Bonchev–Trinajstić information content (AvgIpc) is 2.79. The zero-order valence-corrected chi connectivity index (χ0v) is 14.1. The van der Waals surface area contributed by atoms with Gasteiger partial charge in [-0.2, -0.15) is 0 Å². The number of hydrogen-bond donors (Lipinski definition) is 1. The van der Waals surface area contributed by atoms with Gasteiger partial charge in [0.1, 0.15) is 0 Å². The highest BCUT2D eigenvalue weighted by Gasteiger charge is 2.17. The van der Waals surface area contributed by atoms with E-state index >= 15 is 0 Å². The third kappa shape index (κ3) is 3.11. The zero-order chi connectivity index (χ0) is 16.4. The summed E-state index contributed by atoms with van der Waals surface area (Å²) in [5, 5.41) is 0. The lowest BCUT2D eigenvalue weighted by Gasteiger charge is -2.18. The summed E-state index contributed by atoms with van der Waals surface area (Å²) < 4.78 is 1.91. The average molecular weight is 310 g/mol. The van der Waals surface area contributed by atoms with Crippen LogP contribution < -0.4 is 11.3 Å². The van der Waals surface area contributed by atoms with E-state index in [4.69, 9.17) is 5.73 Å². The third-order valence-electron chi connectivity index (χ3n) is 4.86. The predicted octanol–water partition coefficient (Wildman–Crippen LogP) is 3.69. The molecule has 1 heterocycles. The van der Waals surface area contributed by atoms with E-state index in [1.54, 1.807) is 0 Å². The van der Waals surface area contributed by atoms with Crippen LogP contribution in [0.15, 0.2) is 35.1 Å². The molecule has 0 fully saturated rings. The second-order valence-electron chi connectivity index (χ2n) is 6.79. The molecule has 0 saturated carbocycles. The van der Waals surface area contributed by atoms with E-state index in [0.29, 0.717) is 12.5 Å². The van der Waals surface area contributed by atoms with Crippen molar-refractivity contribution in [2.45, 2.75) is 58.4 Å². The number of nitrogens with zero attached hydrogens (tertiary/aromatic N) is 1. The Kier molecular flexibility index (Phi) is 4.67. The van der Waals surface area contributed by atoms with Crippen molar-refractivity contribution in [3.05, 3.63) is 63.1 Å². The Morgan fingerprint density at radius 2 is 1.78 bits per heavy atom. The molecule has 1 aromatic heterocycles. The number of aryl methyl sites for hydroxylation is 1. The molecule has 0 saturated heterocycles. The van der Waals surface area contributed by atoms with E-state index in [9.17, 15) is 4.79 Å². The largest absolute Gasteiger partial charge is 0.326 e. The van der Waals surface area contributed by atoms with Crippen molar-refractivity contribution in [3.63, 3.8) is 0 Å². The van der Waals surface area contributed by atoms with Crippen molar-refractivity contribution in [1.29, 1.82) is 0 Å². The maximum Gasteiger partial charge on any atom is 0.259 e. The number of fused-ring (bicyclic) bond motifs is 1. The van der Waals surface area contributed by atoms with Gasteiger partial charge >= 0.3 is 0 Å². The van der Waals surface area contributed by atoms with Crippen LogP contribution in [0.3, 0.4) is 0 Å². The molecule has 23 heavy (non-hydrogen) atoms. The summed E-state index contributed by atoms with van der Waals surface area (Å²) in [4.78, 5) is 12.9. The molecule has 0 unspecified atom stereocenters. The highest BCUT2D eigenvalue weighted by molar-refractivity contribution is 5.41. The number of benzene rings is 1. The SMILES string of the molecule is CC(C)c1ccc(-n2c3c(cc(CN)c2=O)CCCCC3)cc1. The zero-order valence-electron chi connectivity index (χ0n) is 14.1. The van der Waals surface area contributed by atoms with Crippen molar-refractivity contribution < 1.29 is 0 Å². The summed E-state index contributed by atoms with van der Waals surface area (Å²) in [6.45, 7) is 4.67. The van der Waals surface area contributed by atoms with Crippen molar-refractivity contribution in [2.75, 3.05) is 0 Å². The smallest absolute Gasteiger partial charge is 0.259 e. The highest BCUT2D eigenvalue weighted by Crippen LogP contribution is 2.24. The van der Waals surface area contributed by atoms with Gasteiger partial charge in [0.2, 0.25) is 0 Å². The van der Waals surface area contributed by atoms with Crippen molar-refractivity contribution in [1.82, 2.24) is 4.57 Å². The summed E-state index contributed by atoms with van der Waals surface area (Å²) >= 11 is 0. The molecule has 0 bridgehead atoms. The normalized spacial score (nSPS) is 14.6. The molecule has 0 spiro atoms. The van der Waals surface area contributed by atoms with Crippen LogP contribution in [0.1, 0.15) is 61.4 Å². The van der Waals surface area contributed by atoms with E-state index in [1.165, 1.54) is 29.7 Å². The molecule has 2 aromatic rings. The van der Waals surface area contributed by atoms with Crippen molar-refractivity contribution in [3.8, 4) is 5.69 Å². The molecular formula is C20H26N2O. The Balaban J connectivity index is 2.18. The van der Waals surface area contributed by atoms with Gasteiger partial charge < -0.3 is 5.73 Å². The Bertz CT molecular complexity index is 741. The summed E-state index contributed by atoms with van der Waals surface area (Å²) in [5.41, 5.74) is 11.3. The molecule has 3 nitrogen and oxygen atoms in total. The number of hydrogen-bond acceptors (Lipinski definition) is 2. The minimum atomic E-state index is 0.0467. The number of rotatable bonds is 3. The highest BCUT2D eigenvalue weighted by atomic mass is 16.1. The summed E-state index contributed by atoms with van der Waals surface area (Å²) in [7, 11) is 0. The monoisotopic (exact) mass is 310 g/mol. The Hall–Kier alpha value is -1.87. The first-order chi connectivity index (χ1) is 11.1. The van der Waals surface area contributed by atoms with Crippen LogP contribution in [0, 0.1) is 0 Å². The number of nitrogens with two attached hydrogens (primary N) is 1. The molecule has 1 aliphatic rings. The van der Waals surface area contributed by atoms with Gasteiger partial charge in [-0.25, -0.2) is 0 Å². The fourth-order valence-corrected chi connectivity index (χ4v) is 3.47. The first kappa shape index (κ1) is 16.0. The van der Waals surface area contributed by atoms with E-state index in [0.717, 1.165) is 30.5 Å². The van der Waals surface area contributed by atoms with Crippen molar-refractivity contribution in [2.24, 2.45) is 5.73 Å². The summed E-state index contributed by atoms with van der Waals surface area (Å²) in [5.74, 6) is 0.494. The molecule has 122 valence electrons. The fraction of sp³-hybridized carbons (Fsp3) is 0.450.